The van der Waals surface area contributed by atoms with E-state index in [1.54, 1.807) is 0 Å². The van der Waals surface area contributed by atoms with Crippen molar-refractivity contribution in [2.24, 2.45) is 11.8 Å². The largest absolute Gasteiger partial charge is 0.493 e. The summed E-state index contributed by atoms with van der Waals surface area (Å²) in [4.78, 5) is 0. The van der Waals surface area contributed by atoms with Crippen molar-refractivity contribution in [2.45, 2.75) is 45.4 Å². The van der Waals surface area contributed by atoms with E-state index >= 15 is 0 Å². The van der Waals surface area contributed by atoms with E-state index in [1.807, 2.05) is 12.1 Å². The van der Waals surface area contributed by atoms with Crippen LogP contribution in [0.4, 0.5) is 5.69 Å². The van der Waals surface area contributed by atoms with Crippen LogP contribution >= 0.6 is 0 Å². The van der Waals surface area contributed by atoms with Gasteiger partial charge in [0, 0.05) is 24.7 Å². The minimum absolute atomic E-state index is 0.554. The molecule has 0 aliphatic heterocycles. The maximum atomic E-state index is 8.50. The zero-order valence-corrected chi connectivity index (χ0v) is 13.0. The zero-order chi connectivity index (χ0) is 14.9. The molecular weight excluding hydrogens is 260 g/mol. The van der Waals surface area contributed by atoms with E-state index in [0.717, 1.165) is 36.2 Å². The standard InChI is InChI=1S/C18H26N2O/c1-15-7-9-16(10-8-15)14-20-17-5-4-6-18(13-17)21-12-3-2-11-19/h4-6,13,15-16,20H,2-3,7-10,12,14H2,1H3. The first kappa shape index (κ1) is 15.7. The Morgan fingerprint density at radius 1 is 1.29 bits per heavy atom. The van der Waals surface area contributed by atoms with E-state index in [9.17, 15) is 0 Å². The second-order valence-electron chi connectivity index (χ2n) is 6.14. The Kier molecular flexibility index (Phi) is 6.40. The minimum atomic E-state index is 0.554. The van der Waals surface area contributed by atoms with Crippen LogP contribution in [0.5, 0.6) is 5.75 Å². The Labute approximate surface area is 128 Å². The Bertz CT molecular complexity index is 459. The fourth-order valence-electron chi connectivity index (χ4n) is 2.83. The Morgan fingerprint density at radius 3 is 2.86 bits per heavy atom. The van der Waals surface area contributed by atoms with Crippen LogP contribution in [0.1, 0.15) is 45.4 Å². The van der Waals surface area contributed by atoms with Crippen LogP contribution in [0.2, 0.25) is 0 Å². The maximum Gasteiger partial charge on any atom is 0.121 e. The van der Waals surface area contributed by atoms with Gasteiger partial charge >= 0.3 is 0 Å². The molecule has 0 atom stereocenters. The fourth-order valence-corrected chi connectivity index (χ4v) is 2.83. The van der Waals surface area contributed by atoms with Gasteiger partial charge in [0.05, 0.1) is 12.7 Å². The average molecular weight is 286 g/mol. The topological polar surface area (TPSA) is 45.0 Å². The Hall–Kier alpha value is -1.69. The van der Waals surface area contributed by atoms with Crippen molar-refractivity contribution in [2.75, 3.05) is 18.5 Å². The molecule has 1 aliphatic rings. The normalized spacial score (nSPS) is 21.5. The molecule has 0 heterocycles. The SMILES string of the molecule is CC1CCC(CNc2cccc(OCCCC#N)c2)CC1. The third-order valence-corrected chi connectivity index (χ3v) is 4.27. The smallest absolute Gasteiger partial charge is 0.121 e. The molecular formula is C18H26N2O. The maximum absolute atomic E-state index is 8.50. The van der Waals surface area contributed by atoms with Crippen molar-refractivity contribution in [3.8, 4) is 11.8 Å². The van der Waals surface area contributed by atoms with E-state index in [4.69, 9.17) is 10.00 Å². The van der Waals surface area contributed by atoms with Gasteiger partial charge in [0.15, 0.2) is 0 Å². The van der Waals surface area contributed by atoms with Gasteiger partial charge in [-0.25, -0.2) is 0 Å². The number of unbranched alkanes of at least 4 members (excludes halogenated alkanes) is 1. The lowest BCUT2D eigenvalue weighted by Crippen LogP contribution is -2.20. The lowest BCUT2D eigenvalue weighted by molar-refractivity contribution is 0.300. The first-order valence-corrected chi connectivity index (χ1v) is 8.11. The van der Waals surface area contributed by atoms with Gasteiger partial charge in [-0.1, -0.05) is 25.8 Å². The number of nitrogens with zero attached hydrogens (tertiary/aromatic N) is 1. The van der Waals surface area contributed by atoms with E-state index in [0.29, 0.717) is 13.0 Å². The molecule has 114 valence electrons. The van der Waals surface area contributed by atoms with Crippen molar-refractivity contribution < 1.29 is 4.74 Å². The average Bonchev–Trinajstić information content (AvgIpc) is 2.52. The highest BCUT2D eigenvalue weighted by Gasteiger charge is 2.17. The van der Waals surface area contributed by atoms with Crippen molar-refractivity contribution in [1.82, 2.24) is 0 Å². The molecule has 21 heavy (non-hydrogen) atoms. The van der Waals surface area contributed by atoms with Crippen LogP contribution in [0.25, 0.3) is 0 Å². The molecule has 0 saturated heterocycles. The highest BCUT2D eigenvalue weighted by atomic mass is 16.5. The molecule has 0 radical (unpaired) electrons. The van der Waals surface area contributed by atoms with Crippen LogP contribution < -0.4 is 10.1 Å². The van der Waals surface area contributed by atoms with E-state index in [1.165, 1.54) is 25.7 Å². The highest BCUT2D eigenvalue weighted by molar-refractivity contribution is 5.48. The summed E-state index contributed by atoms with van der Waals surface area (Å²) in [5.41, 5.74) is 1.13. The van der Waals surface area contributed by atoms with E-state index in [-0.39, 0.29) is 0 Å². The molecule has 0 aromatic heterocycles. The van der Waals surface area contributed by atoms with Crippen molar-refractivity contribution >= 4 is 5.69 Å². The summed E-state index contributed by atoms with van der Waals surface area (Å²) in [6, 6.07) is 10.3. The van der Waals surface area contributed by atoms with Crippen LogP contribution in [0.3, 0.4) is 0 Å². The van der Waals surface area contributed by atoms with Crippen molar-refractivity contribution in [1.29, 1.82) is 5.26 Å². The number of benzene rings is 1. The fraction of sp³-hybridized carbons (Fsp3) is 0.611. The lowest BCUT2D eigenvalue weighted by Gasteiger charge is -2.26. The summed E-state index contributed by atoms with van der Waals surface area (Å²) in [5.74, 6) is 2.60. The summed E-state index contributed by atoms with van der Waals surface area (Å²) >= 11 is 0. The van der Waals surface area contributed by atoms with Gasteiger partial charge in [0.2, 0.25) is 0 Å². The highest BCUT2D eigenvalue weighted by Crippen LogP contribution is 2.28. The van der Waals surface area contributed by atoms with Crippen molar-refractivity contribution in [3.05, 3.63) is 24.3 Å². The molecule has 3 nitrogen and oxygen atoms in total. The van der Waals surface area contributed by atoms with E-state index < -0.39 is 0 Å². The second kappa shape index (κ2) is 8.56. The summed E-state index contributed by atoms with van der Waals surface area (Å²) in [5, 5.41) is 12.0. The number of nitrogens with one attached hydrogen (secondary N) is 1. The van der Waals surface area contributed by atoms with Gasteiger partial charge in [-0.2, -0.15) is 5.26 Å². The van der Waals surface area contributed by atoms with Crippen LogP contribution in [0.15, 0.2) is 24.3 Å². The summed E-state index contributed by atoms with van der Waals surface area (Å²) in [6.07, 6.45) is 6.77. The molecule has 2 rings (SSSR count). The molecule has 3 heteroatoms. The predicted molar refractivity (Wildman–Crippen MR) is 86.4 cm³/mol. The molecule has 0 amide bonds. The molecule has 0 unspecified atom stereocenters. The minimum Gasteiger partial charge on any atom is -0.493 e. The zero-order valence-electron chi connectivity index (χ0n) is 13.0. The number of hydrogen-bond donors (Lipinski definition) is 1. The van der Waals surface area contributed by atoms with Crippen molar-refractivity contribution in [3.63, 3.8) is 0 Å². The van der Waals surface area contributed by atoms with Crippen LogP contribution in [-0.4, -0.2) is 13.2 Å². The summed E-state index contributed by atoms with van der Waals surface area (Å²) < 4.78 is 5.66. The van der Waals surface area contributed by atoms with Crippen LogP contribution in [-0.2, 0) is 0 Å². The Balaban J connectivity index is 1.74. The van der Waals surface area contributed by atoms with Gasteiger partial charge in [0.25, 0.3) is 0 Å². The third-order valence-electron chi connectivity index (χ3n) is 4.27. The van der Waals surface area contributed by atoms with Gasteiger partial charge in [0.1, 0.15) is 5.75 Å². The predicted octanol–water partition coefficient (Wildman–Crippen LogP) is 4.61. The van der Waals surface area contributed by atoms with Gasteiger partial charge in [-0.05, 0) is 43.2 Å². The van der Waals surface area contributed by atoms with Crippen LogP contribution in [0, 0.1) is 23.2 Å². The lowest BCUT2D eigenvalue weighted by atomic mass is 9.83. The number of anilines is 1. The molecule has 0 spiro atoms. The molecule has 1 aromatic rings. The molecule has 1 saturated carbocycles. The second-order valence-corrected chi connectivity index (χ2v) is 6.14. The number of nitriles is 1. The Morgan fingerprint density at radius 2 is 2.10 bits per heavy atom. The number of ether oxygens (including phenoxy) is 1. The summed E-state index contributed by atoms with van der Waals surface area (Å²) in [6.45, 7) is 4.03. The molecule has 0 bridgehead atoms. The van der Waals surface area contributed by atoms with E-state index in [2.05, 4.69) is 30.4 Å². The number of rotatable bonds is 7. The van der Waals surface area contributed by atoms with Gasteiger partial charge < -0.3 is 10.1 Å². The molecule has 1 N–H and O–H groups in total. The number of hydrogen-bond acceptors (Lipinski definition) is 3. The first-order chi connectivity index (χ1) is 10.3. The summed E-state index contributed by atoms with van der Waals surface area (Å²) in [7, 11) is 0. The van der Waals surface area contributed by atoms with Gasteiger partial charge in [-0.15, -0.1) is 0 Å². The third kappa shape index (κ3) is 5.67. The molecule has 1 fully saturated rings. The van der Waals surface area contributed by atoms with Gasteiger partial charge in [-0.3, -0.25) is 0 Å². The quantitative estimate of drug-likeness (QED) is 0.745. The first-order valence-electron chi connectivity index (χ1n) is 8.11. The molecule has 1 aromatic carbocycles. The monoisotopic (exact) mass is 286 g/mol. The molecule has 1 aliphatic carbocycles.